The number of benzene rings is 3. The second-order valence-corrected chi connectivity index (χ2v) is 7.88. The first-order valence-electron chi connectivity index (χ1n) is 9.42. The number of ether oxygens (including phenoxy) is 1. The highest BCUT2D eigenvalue weighted by Gasteiger charge is 2.15. The zero-order valence-corrected chi connectivity index (χ0v) is 19.4. The van der Waals surface area contributed by atoms with Gasteiger partial charge in [-0.1, -0.05) is 23.7 Å². The fourth-order valence-electron chi connectivity index (χ4n) is 2.56. The van der Waals surface area contributed by atoms with Crippen LogP contribution in [0.2, 0.25) is 5.02 Å². The molecule has 168 valence electrons. The van der Waals surface area contributed by atoms with Crippen LogP contribution in [-0.4, -0.2) is 23.5 Å². The molecule has 3 aromatic rings. The minimum absolute atomic E-state index is 0.162. The molecule has 2 N–H and O–H groups in total. The lowest BCUT2D eigenvalue weighted by Crippen LogP contribution is -2.32. The Balaban J connectivity index is 1.58. The van der Waals surface area contributed by atoms with Crippen molar-refractivity contribution in [1.82, 2.24) is 5.43 Å². The van der Waals surface area contributed by atoms with Gasteiger partial charge in [0, 0.05) is 10.2 Å². The Morgan fingerprint density at radius 2 is 1.70 bits per heavy atom. The van der Waals surface area contributed by atoms with Crippen LogP contribution < -0.4 is 15.5 Å². The highest BCUT2D eigenvalue weighted by molar-refractivity contribution is 9.10. The lowest BCUT2D eigenvalue weighted by molar-refractivity contribution is -0.136. The molecule has 0 bridgehead atoms. The van der Waals surface area contributed by atoms with Gasteiger partial charge in [-0.15, -0.1) is 0 Å². The highest BCUT2D eigenvalue weighted by Crippen LogP contribution is 2.20. The van der Waals surface area contributed by atoms with E-state index in [1.165, 1.54) is 12.1 Å². The third kappa shape index (κ3) is 6.47. The molecule has 0 aromatic heterocycles. The van der Waals surface area contributed by atoms with E-state index in [0.717, 1.165) is 6.07 Å². The average molecular weight is 533 g/mol. The average Bonchev–Trinajstić information content (AvgIpc) is 2.80. The summed E-state index contributed by atoms with van der Waals surface area (Å²) in [5, 5.41) is 6.00. The van der Waals surface area contributed by atoms with E-state index in [1.807, 2.05) is 0 Å². The van der Waals surface area contributed by atoms with E-state index in [4.69, 9.17) is 16.3 Å². The Hall–Kier alpha value is -3.56. The van der Waals surface area contributed by atoms with Gasteiger partial charge in [-0.3, -0.25) is 9.59 Å². The van der Waals surface area contributed by atoms with E-state index in [9.17, 15) is 18.8 Å². The van der Waals surface area contributed by atoms with Crippen molar-refractivity contribution in [2.45, 2.75) is 6.92 Å². The molecule has 0 fully saturated rings. The van der Waals surface area contributed by atoms with Crippen molar-refractivity contribution in [3.05, 3.63) is 93.2 Å². The Kier molecular flexibility index (Phi) is 7.92. The zero-order valence-electron chi connectivity index (χ0n) is 17.1. The van der Waals surface area contributed by atoms with Crippen LogP contribution in [0.1, 0.15) is 22.8 Å². The Labute approximate surface area is 201 Å². The van der Waals surface area contributed by atoms with Crippen LogP contribution in [0.5, 0.6) is 5.75 Å². The Bertz CT molecular complexity index is 1250. The number of carbonyl (C=O) groups excluding carboxylic acids is 3. The Morgan fingerprint density at radius 1 is 1.00 bits per heavy atom. The second kappa shape index (κ2) is 10.8. The van der Waals surface area contributed by atoms with Crippen LogP contribution in [0.3, 0.4) is 0 Å². The maximum Gasteiger partial charge on any atom is 0.344 e. The van der Waals surface area contributed by atoms with E-state index in [2.05, 4.69) is 31.8 Å². The number of carbonyl (C=O) groups is 3. The van der Waals surface area contributed by atoms with E-state index in [-0.39, 0.29) is 10.7 Å². The molecule has 0 aliphatic carbocycles. The summed E-state index contributed by atoms with van der Waals surface area (Å²) in [4.78, 5) is 36.2. The molecule has 0 spiro atoms. The van der Waals surface area contributed by atoms with Gasteiger partial charge in [0.25, 0.3) is 0 Å². The molecule has 0 saturated heterocycles. The van der Waals surface area contributed by atoms with Gasteiger partial charge in [0.15, 0.2) is 0 Å². The quantitative estimate of drug-likeness (QED) is 0.160. The Morgan fingerprint density at radius 3 is 2.36 bits per heavy atom. The standard InChI is InChI=1S/C23H16BrClFN3O4/c1-13(28-29-22(31)21(30)27-15-8-11-20(26)19(25)12-15)14-6-9-16(10-7-14)33-23(32)17-4-2-3-5-18(17)24/h2-12H,1H3,(H,27,30)(H,29,31). The number of nitrogens with one attached hydrogen (secondary N) is 2. The van der Waals surface area contributed by atoms with E-state index < -0.39 is 23.6 Å². The van der Waals surface area contributed by atoms with E-state index in [1.54, 1.807) is 55.5 Å². The number of amides is 2. The normalized spacial score (nSPS) is 11.0. The summed E-state index contributed by atoms with van der Waals surface area (Å²) in [6.45, 7) is 1.63. The maximum atomic E-state index is 13.2. The summed E-state index contributed by atoms with van der Waals surface area (Å²) in [6.07, 6.45) is 0. The number of hydrogen-bond donors (Lipinski definition) is 2. The lowest BCUT2D eigenvalue weighted by Gasteiger charge is -2.07. The zero-order chi connectivity index (χ0) is 24.0. The molecule has 0 radical (unpaired) electrons. The van der Waals surface area contributed by atoms with Crippen LogP contribution in [0.15, 0.2) is 76.3 Å². The number of halogens is 3. The molecule has 7 nitrogen and oxygen atoms in total. The molecule has 0 heterocycles. The molecule has 2 amide bonds. The van der Waals surface area contributed by atoms with Crippen molar-refractivity contribution in [1.29, 1.82) is 0 Å². The molecule has 0 atom stereocenters. The van der Waals surface area contributed by atoms with Gasteiger partial charge in [0.05, 0.1) is 16.3 Å². The van der Waals surface area contributed by atoms with Gasteiger partial charge < -0.3 is 10.1 Å². The summed E-state index contributed by atoms with van der Waals surface area (Å²) in [5.74, 6) is -2.85. The first-order chi connectivity index (χ1) is 15.7. The van der Waals surface area contributed by atoms with Crippen LogP contribution in [0.4, 0.5) is 10.1 Å². The van der Waals surface area contributed by atoms with E-state index >= 15 is 0 Å². The highest BCUT2D eigenvalue weighted by atomic mass is 79.9. The summed E-state index contributed by atoms with van der Waals surface area (Å²) < 4.78 is 19.2. The third-order valence-electron chi connectivity index (χ3n) is 4.29. The van der Waals surface area contributed by atoms with Crippen LogP contribution >= 0.6 is 27.5 Å². The smallest absolute Gasteiger partial charge is 0.344 e. The van der Waals surface area contributed by atoms with Gasteiger partial charge in [0.2, 0.25) is 0 Å². The number of esters is 1. The van der Waals surface area contributed by atoms with Gasteiger partial charge in [-0.25, -0.2) is 14.6 Å². The minimum Gasteiger partial charge on any atom is -0.423 e. The van der Waals surface area contributed by atoms with Crippen molar-refractivity contribution >= 4 is 56.7 Å². The van der Waals surface area contributed by atoms with Gasteiger partial charge in [0.1, 0.15) is 11.6 Å². The van der Waals surface area contributed by atoms with Crippen molar-refractivity contribution < 1.29 is 23.5 Å². The predicted octanol–water partition coefficient (Wildman–Crippen LogP) is 4.94. The fourth-order valence-corrected chi connectivity index (χ4v) is 3.19. The maximum absolute atomic E-state index is 13.2. The molecule has 0 unspecified atom stereocenters. The first kappa shape index (κ1) is 24.1. The minimum atomic E-state index is -1.02. The predicted molar refractivity (Wildman–Crippen MR) is 126 cm³/mol. The third-order valence-corrected chi connectivity index (χ3v) is 5.27. The lowest BCUT2D eigenvalue weighted by atomic mass is 10.1. The fraction of sp³-hybridized carbons (Fsp3) is 0.0435. The molecular formula is C23H16BrClFN3O4. The van der Waals surface area contributed by atoms with E-state index in [0.29, 0.717) is 27.1 Å². The summed E-state index contributed by atoms with van der Waals surface area (Å²) in [5.41, 5.74) is 3.73. The van der Waals surface area contributed by atoms with Crippen molar-refractivity contribution in [2.24, 2.45) is 5.10 Å². The second-order valence-electron chi connectivity index (χ2n) is 6.61. The summed E-state index contributed by atoms with van der Waals surface area (Å²) in [6, 6.07) is 16.9. The molecule has 0 aliphatic rings. The molecule has 3 rings (SSSR count). The van der Waals surface area contributed by atoms with Gasteiger partial charge in [-0.2, -0.15) is 5.10 Å². The number of hydrogen-bond acceptors (Lipinski definition) is 5. The van der Waals surface area contributed by atoms with Crippen molar-refractivity contribution in [2.75, 3.05) is 5.32 Å². The molecule has 10 heteroatoms. The monoisotopic (exact) mass is 531 g/mol. The molecular weight excluding hydrogens is 517 g/mol. The summed E-state index contributed by atoms with van der Waals surface area (Å²) in [7, 11) is 0. The van der Waals surface area contributed by atoms with Crippen molar-refractivity contribution in [3.63, 3.8) is 0 Å². The number of hydrazone groups is 1. The molecule has 3 aromatic carbocycles. The van der Waals surface area contributed by atoms with Crippen LogP contribution in [0.25, 0.3) is 0 Å². The summed E-state index contributed by atoms with van der Waals surface area (Å²) >= 11 is 8.95. The van der Waals surface area contributed by atoms with Gasteiger partial charge in [-0.05, 0) is 83.0 Å². The largest absolute Gasteiger partial charge is 0.423 e. The van der Waals surface area contributed by atoms with Gasteiger partial charge >= 0.3 is 17.8 Å². The molecule has 0 aliphatic heterocycles. The van der Waals surface area contributed by atoms with Crippen molar-refractivity contribution in [3.8, 4) is 5.75 Å². The van der Waals surface area contributed by atoms with Crippen LogP contribution in [0, 0.1) is 5.82 Å². The number of anilines is 1. The SMILES string of the molecule is CC(=NNC(=O)C(=O)Nc1ccc(F)c(Cl)c1)c1ccc(OC(=O)c2ccccc2Br)cc1. The topological polar surface area (TPSA) is 96.9 Å². The molecule has 33 heavy (non-hydrogen) atoms. The molecule has 0 saturated carbocycles. The number of rotatable bonds is 5. The first-order valence-corrected chi connectivity index (χ1v) is 10.6. The number of nitrogens with zero attached hydrogens (tertiary/aromatic N) is 1. The van der Waals surface area contributed by atoms with Crippen LogP contribution in [-0.2, 0) is 9.59 Å².